The van der Waals surface area contributed by atoms with Gasteiger partial charge < -0.3 is 23.4 Å². The molecular weight excluding hydrogens is 528 g/mol. The summed E-state index contributed by atoms with van der Waals surface area (Å²) in [6, 6.07) is 19.4. The van der Waals surface area contributed by atoms with Crippen LogP contribution in [-0.2, 0) is 20.8 Å². The number of ether oxygens (including phenoxy) is 2. The second-order valence-corrected chi connectivity index (χ2v) is 10.5. The number of rotatable bonds is 6. The molecule has 40 heavy (non-hydrogen) atoms. The van der Waals surface area contributed by atoms with Crippen LogP contribution in [0.25, 0.3) is 17.0 Å². The summed E-state index contributed by atoms with van der Waals surface area (Å²) in [5.41, 5.74) is 3.84. The minimum Gasteiger partial charge on any atom is -0.463 e. The van der Waals surface area contributed by atoms with Crippen LogP contribution in [0.2, 0.25) is 0 Å². The number of amidine groups is 1. The number of esters is 1. The molecule has 0 atom stereocenters. The van der Waals surface area contributed by atoms with Gasteiger partial charge >= 0.3 is 5.97 Å². The fourth-order valence-corrected chi connectivity index (χ4v) is 5.80. The zero-order valence-corrected chi connectivity index (χ0v) is 23.0. The van der Waals surface area contributed by atoms with E-state index in [1.807, 2.05) is 53.2 Å². The number of aromatic nitrogens is 1. The summed E-state index contributed by atoms with van der Waals surface area (Å²) in [6.45, 7) is 3.65. The van der Waals surface area contributed by atoms with Gasteiger partial charge in [-0.1, -0.05) is 18.2 Å². The molecule has 9 nitrogen and oxygen atoms in total. The zero-order chi connectivity index (χ0) is 27.6. The Morgan fingerprint density at radius 2 is 1.85 bits per heavy atom. The number of anilines is 1. The predicted octanol–water partition coefficient (Wildman–Crippen LogP) is 5.14. The molecule has 2 fully saturated rings. The van der Waals surface area contributed by atoms with Crippen molar-refractivity contribution in [3.63, 3.8) is 0 Å². The lowest BCUT2D eigenvalue weighted by atomic mass is 10.1. The third kappa shape index (κ3) is 5.15. The summed E-state index contributed by atoms with van der Waals surface area (Å²) in [6.07, 6.45) is 3.90. The number of aliphatic imine (C=N–C) groups is 1. The largest absolute Gasteiger partial charge is 0.463 e. The number of furan rings is 1. The first-order valence-corrected chi connectivity index (χ1v) is 13.8. The van der Waals surface area contributed by atoms with Crippen LogP contribution < -0.4 is 4.90 Å². The maximum Gasteiger partial charge on any atom is 0.373 e. The summed E-state index contributed by atoms with van der Waals surface area (Å²) in [4.78, 5) is 34.2. The van der Waals surface area contributed by atoms with Crippen molar-refractivity contribution in [3.8, 4) is 0 Å². The molecule has 6 rings (SSSR count). The lowest BCUT2D eigenvalue weighted by Crippen LogP contribution is -2.36. The van der Waals surface area contributed by atoms with E-state index in [9.17, 15) is 9.59 Å². The molecule has 2 saturated heterocycles. The molecule has 0 N–H and O–H groups in total. The van der Waals surface area contributed by atoms with E-state index in [4.69, 9.17) is 18.9 Å². The lowest BCUT2D eigenvalue weighted by molar-refractivity contribution is -0.121. The normalized spacial score (nSPS) is 17.9. The van der Waals surface area contributed by atoms with Crippen molar-refractivity contribution in [1.82, 2.24) is 9.47 Å². The van der Waals surface area contributed by atoms with Crippen molar-refractivity contribution in [2.24, 2.45) is 4.99 Å². The van der Waals surface area contributed by atoms with Gasteiger partial charge in [-0.05, 0) is 60.3 Å². The lowest BCUT2D eigenvalue weighted by Gasteiger charge is -2.28. The quantitative estimate of drug-likeness (QED) is 0.240. The molecule has 2 aliphatic rings. The molecule has 0 aliphatic carbocycles. The van der Waals surface area contributed by atoms with Gasteiger partial charge in [-0.3, -0.25) is 9.69 Å². The molecule has 4 aromatic rings. The average molecular weight is 557 g/mol. The van der Waals surface area contributed by atoms with Gasteiger partial charge in [0.15, 0.2) is 5.17 Å². The van der Waals surface area contributed by atoms with E-state index in [-0.39, 0.29) is 11.7 Å². The number of morpholine rings is 1. The second-order valence-electron chi connectivity index (χ2n) is 9.47. The van der Waals surface area contributed by atoms with Crippen LogP contribution in [0.5, 0.6) is 0 Å². The van der Waals surface area contributed by atoms with Crippen molar-refractivity contribution in [2.45, 2.75) is 6.54 Å². The smallest absolute Gasteiger partial charge is 0.373 e. The number of methoxy groups -OCH3 is 1. The Morgan fingerprint density at radius 1 is 1.07 bits per heavy atom. The summed E-state index contributed by atoms with van der Waals surface area (Å²) >= 11 is 1.36. The van der Waals surface area contributed by atoms with E-state index >= 15 is 0 Å². The molecule has 2 aromatic heterocycles. The standard InChI is InChI=1S/C30H28N4O5S/c1-32-28(35)27(40-30(32)31-21-7-9-22(10-8-21)33-13-15-38-16-14-33)17-20-18-34(25-6-4-3-5-24(20)25)19-23-11-12-26(39-23)29(36)37-2/h3-12,17-18H,13-16,19H2,1-2H3/b27-17-,31-30?. The predicted molar refractivity (Wildman–Crippen MR) is 156 cm³/mol. The van der Waals surface area contributed by atoms with E-state index in [0.717, 1.165) is 54.1 Å². The van der Waals surface area contributed by atoms with Gasteiger partial charge in [0.1, 0.15) is 5.76 Å². The summed E-state index contributed by atoms with van der Waals surface area (Å²) in [5.74, 6) is 0.176. The summed E-state index contributed by atoms with van der Waals surface area (Å²) in [7, 11) is 3.07. The SMILES string of the molecule is COC(=O)c1ccc(Cn2cc(/C=C3\SC(=Nc4ccc(N5CCOCC5)cc4)N(C)C3=O)c3ccccc32)o1. The van der Waals surface area contributed by atoms with E-state index in [2.05, 4.69) is 17.0 Å². The molecule has 2 aliphatic heterocycles. The number of carbonyl (C=O) groups excluding carboxylic acids is 2. The number of hydrogen-bond acceptors (Lipinski definition) is 8. The Labute approximate surface area is 235 Å². The highest BCUT2D eigenvalue weighted by molar-refractivity contribution is 8.18. The van der Waals surface area contributed by atoms with Gasteiger partial charge in [0, 0.05) is 48.5 Å². The fraction of sp³-hybridized carbons (Fsp3) is 0.233. The molecule has 10 heteroatoms. The Morgan fingerprint density at radius 3 is 2.62 bits per heavy atom. The summed E-state index contributed by atoms with van der Waals surface area (Å²) in [5, 5.41) is 1.64. The highest BCUT2D eigenvalue weighted by Crippen LogP contribution is 2.35. The molecule has 4 heterocycles. The molecule has 2 aromatic carbocycles. The number of fused-ring (bicyclic) bond motifs is 1. The minimum atomic E-state index is -0.513. The third-order valence-electron chi connectivity index (χ3n) is 6.93. The molecule has 0 unspecified atom stereocenters. The first kappa shape index (κ1) is 26.0. The Kier molecular flexibility index (Phi) is 7.19. The molecule has 204 valence electrons. The maximum atomic E-state index is 13.2. The molecule has 0 saturated carbocycles. The average Bonchev–Trinajstić information content (AvgIpc) is 3.67. The number of carbonyl (C=O) groups is 2. The van der Waals surface area contributed by atoms with Crippen molar-refractivity contribution in [3.05, 3.63) is 88.8 Å². The van der Waals surface area contributed by atoms with Gasteiger partial charge in [-0.15, -0.1) is 0 Å². The highest BCUT2D eigenvalue weighted by atomic mass is 32.2. The zero-order valence-electron chi connectivity index (χ0n) is 22.2. The number of likely N-dealkylation sites (N-methyl/N-ethyl adjacent to an activating group) is 1. The van der Waals surface area contributed by atoms with Crippen LogP contribution in [0.4, 0.5) is 11.4 Å². The van der Waals surface area contributed by atoms with E-state index in [0.29, 0.717) is 22.4 Å². The van der Waals surface area contributed by atoms with Gasteiger partial charge in [0.05, 0.1) is 37.5 Å². The molecular formula is C30H28N4O5S. The summed E-state index contributed by atoms with van der Waals surface area (Å²) < 4.78 is 17.9. The fourth-order valence-electron chi connectivity index (χ4n) is 4.82. The van der Waals surface area contributed by atoms with E-state index < -0.39 is 5.97 Å². The third-order valence-corrected chi connectivity index (χ3v) is 7.99. The Balaban J connectivity index is 1.24. The molecule has 0 radical (unpaired) electrons. The molecule has 0 bridgehead atoms. The topological polar surface area (TPSA) is 89.5 Å². The number of amides is 1. The monoisotopic (exact) mass is 556 g/mol. The van der Waals surface area contributed by atoms with E-state index in [1.165, 1.54) is 18.9 Å². The van der Waals surface area contributed by atoms with Gasteiger partial charge in [-0.2, -0.15) is 0 Å². The van der Waals surface area contributed by atoms with Crippen LogP contribution in [-0.4, -0.2) is 67.0 Å². The first-order valence-electron chi connectivity index (χ1n) is 12.9. The van der Waals surface area contributed by atoms with Crippen molar-refractivity contribution >= 4 is 57.2 Å². The minimum absolute atomic E-state index is 0.0979. The van der Waals surface area contributed by atoms with E-state index in [1.54, 1.807) is 24.1 Å². The number of hydrogen-bond donors (Lipinski definition) is 0. The van der Waals surface area contributed by atoms with Gasteiger partial charge in [0.2, 0.25) is 5.76 Å². The first-order chi connectivity index (χ1) is 19.5. The number of benzene rings is 2. The Bertz CT molecular complexity index is 1630. The highest BCUT2D eigenvalue weighted by Gasteiger charge is 2.30. The van der Waals surface area contributed by atoms with Crippen LogP contribution in [0.3, 0.4) is 0 Å². The molecule has 0 spiro atoms. The Hall–Kier alpha value is -4.28. The number of para-hydroxylation sites is 1. The maximum absolute atomic E-state index is 13.2. The van der Waals surface area contributed by atoms with Crippen molar-refractivity contribution < 1.29 is 23.5 Å². The van der Waals surface area contributed by atoms with Crippen LogP contribution in [0, 0.1) is 0 Å². The van der Waals surface area contributed by atoms with Gasteiger partial charge in [-0.25, -0.2) is 9.79 Å². The van der Waals surface area contributed by atoms with Crippen LogP contribution >= 0.6 is 11.8 Å². The van der Waals surface area contributed by atoms with Gasteiger partial charge in [0.25, 0.3) is 5.91 Å². The van der Waals surface area contributed by atoms with Crippen molar-refractivity contribution in [2.75, 3.05) is 45.4 Å². The second kappa shape index (κ2) is 11.1. The number of thioether (sulfide) groups is 1. The van der Waals surface area contributed by atoms with Crippen LogP contribution in [0.15, 0.2) is 81.2 Å². The molecule has 1 amide bonds. The van der Waals surface area contributed by atoms with Crippen LogP contribution in [0.1, 0.15) is 21.9 Å². The van der Waals surface area contributed by atoms with Crippen molar-refractivity contribution in [1.29, 1.82) is 0 Å². The number of nitrogens with zero attached hydrogens (tertiary/aromatic N) is 4.